The van der Waals surface area contributed by atoms with Crippen molar-refractivity contribution < 1.29 is 0 Å². The van der Waals surface area contributed by atoms with Crippen molar-refractivity contribution >= 4 is 15.9 Å². The first-order valence-electron chi connectivity index (χ1n) is 8.55. The van der Waals surface area contributed by atoms with Crippen molar-refractivity contribution in [1.29, 1.82) is 0 Å². The minimum absolute atomic E-state index is 0.823. The monoisotopic (exact) mass is 334 g/mol. The molecule has 2 saturated carbocycles. The minimum Gasteiger partial charge on any atom is -0.0533 e. The molecule has 1 heteroatoms. The molecule has 0 N–H and O–H groups in total. The van der Waals surface area contributed by atoms with Crippen molar-refractivity contribution in [3.05, 3.63) is 33.3 Å². The van der Waals surface area contributed by atoms with E-state index in [9.17, 15) is 0 Å². The van der Waals surface area contributed by atoms with Crippen molar-refractivity contribution in [3.63, 3.8) is 0 Å². The zero-order valence-electron chi connectivity index (χ0n) is 12.8. The molecule has 0 nitrogen and oxygen atoms in total. The van der Waals surface area contributed by atoms with E-state index in [4.69, 9.17) is 0 Å². The first-order chi connectivity index (χ1) is 9.75. The highest BCUT2D eigenvalue weighted by molar-refractivity contribution is 9.10. The Kier molecular flexibility index (Phi) is 4.86. The molecule has 0 aromatic heterocycles. The van der Waals surface area contributed by atoms with Gasteiger partial charge < -0.3 is 0 Å². The van der Waals surface area contributed by atoms with E-state index in [-0.39, 0.29) is 0 Å². The molecule has 1 aromatic rings. The van der Waals surface area contributed by atoms with Crippen LogP contribution >= 0.6 is 15.9 Å². The summed E-state index contributed by atoms with van der Waals surface area (Å²) < 4.78 is 1.31. The second kappa shape index (κ2) is 6.64. The lowest BCUT2D eigenvalue weighted by Crippen LogP contribution is -2.11. The van der Waals surface area contributed by atoms with Crippen molar-refractivity contribution in [2.75, 3.05) is 0 Å². The molecule has 0 unspecified atom stereocenters. The highest BCUT2D eigenvalue weighted by Crippen LogP contribution is 2.41. The molecule has 0 amide bonds. The van der Waals surface area contributed by atoms with Gasteiger partial charge in [-0.2, -0.15) is 0 Å². The summed E-state index contributed by atoms with van der Waals surface area (Å²) in [5.74, 6) is 1.65. The Bertz CT molecular complexity index is 412. The number of halogens is 1. The predicted molar refractivity (Wildman–Crippen MR) is 90.5 cm³/mol. The third-order valence-electron chi connectivity index (χ3n) is 5.54. The number of benzene rings is 1. The Morgan fingerprint density at radius 3 is 1.55 bits per heavy atom. The van der Waals surface area contributed by atoms with Crippen LogP contribution in [0.1, 0.15) is 92.7 Å². The molecule has 0 bridgehead atoms. The standard InChI is InChI=1S/C19H27Br/c1-14-18(15-8-4-2-5-9-15)12-17(20)13-19(14)16-10-6-3-7-11-16/h12-13,15-16H,2-11H2,1H3. The average Bonchev–Trinajstić information content (AvgIpc) is 2.51. The molecule has 2 aliphatic rings. The first-order valence-corrected chi connectivity index (χ1v) is 9.35. The molecular formula is C19H27Br. The van der Waals surface area contributed by atoms with Crippen LogP contribution in [0.5, 0.6) is 0 Å². The third-order valence-corrected chi connectivity index (χ3v) is 6.00. The van der Waals surface area contributed by atoms with Gasteiger partial charge in [-0.25, -0.2) is 0 Å². The molecule has 2 aliphatic carbocycles. The van der Waals surface area contributed by atoms with E-state index in [1.165, 1.54) is 68.7 Å². The van der Waals surface area contributed by atoms with Gasteiger partial charge in [-0.05, 0) is 73.3 Å². The maximum Gasteiger partial charge on any atom is 0.0181 e. The van der Waals surface area contributed by atoms with Crippen molar-refractivity contribution in [2.45, 2.75) is 83.0 Å². The van der Waals surface area contributed by atoms with Crippen LogP contribution in [0.25, 0.3) is 0 Å². The SMILES string of the molecule is Cc1c(C2CCCCC2)cc(Br)cc1C1CCCCC1. The lowest BCUT2D eigenvalue weighted by Gasteiger charge is -2.29. The summed E-state index contributed by atoms with van der Waals surface area (Å²) in [5, 5.41) is 0. The maximum absolute atomic E-state index is 3.78. The van der Waals surface area contributed by atoms with Gasteiger partial charge in [0, 0.05) is 4.47 Å². The fourth-order valence-electron chi connectivity index (χ4n) is 4.40. The van der Waals surface area contributed by atoms with Crippen LogP contribution in [-0.2, 0) is 0 Å². The van der Waals surface area contributed by atoms with E-state index >= 15 is 0 Å². The van der Waals surface area contributed by atoms with Gasteiger partial charge in [0.15, 0.2) is 0 Å². The molecule has 110 valence electrons. The summed E-state index contributed by atoms with van der Waals surface area (Å²) >= 11 is 3.78. The lowest BCUT2D eigenvalue weighted by atomic mass is 9.77. The average molecular weight is 335 g/mol. The summed E-state index contributed by atoms with van der Waals surface area (Å²) in [6, 6.07) is 4.83. The molecule has 0 heterocycles. The summed E-state index contributed by atoms with van der Waals surface area (Å²) in [6.07, 6.45) is 14.2. The number of hydrogen-bond donors (Lipinski definition) is 0. The Balaban J connectivity index is 1.91. The van der Waals surface area contributed by atoms with Crippen LogP contribution in [0.4, 0.5) is 0 Å². The lowest BCUT2D eigenvalue weighted by molar-refractivity contribution is 0.433. The van der Waals surface area contributed by atoms with E-state index in [1.54, 1.807) is 16.7 Å². The van der Waals surface area contributed by atoms with Gasteiger partial charge in [0.05, 0.1) is 0 Å². The van der Waals surface area contributed by atoms with Crippen molar-refractivity contribution in [3.8, 4) is 0 Å². The van der Waals surface area contributed by atoms with Crippen LogP contribution in [0.2, 0.25) is 0 Å². The quantitative estimate of drug-likeness (QED) is 0.554. The van der Waals surface area contributed by atoms with Crippen LogP contribution < -0.4 is 0 Å². The fourth-order valence-corrected chi connectivity index (χ4v) is 4.89. The van der Waals surface area contributed by atoms with Gasteiger partial charge in [-0.3, -0.25) is 0 Å². The minimum atomic E-state index is 0.823. The zero-order chi connectivity index (χ0) is 13.9. The maximum atomic E-state index is 3.78. The van der Waals surface area contributed by atoms with E-state index in [0.717, 1.165) is 11.8 Å². The van der Waals surface area contributed by atoms with Gasteiger partial charge in [0.2, 0.25) is 0 Å². The Hall–Kier alpha value is -0.300. The topological polar surface area (TPSA) is 0 Å². The fraction of sp³-hybridized carbons (Fsp3) is 0.684. The third kappa shape index (κ3) is 3.13. The Morgan fingerprint density at radius 2 is 1.15 bits per heavy atom. The smallest absolute Gasteiger partial charge is 0.0181 e. The van der Waals surface area contributed by atoms with Crippen LogP contribution in [0.15, 0.2) is 16.6 Å². The Morgan fingerprint density at radius 1 is 0.750 bits per heavy atom. The molecular weight excluding hydrogens is 308 g/mol. The first kappa shape index (κ1) is 14.6. The molecule has 0 aliphatic heterocycles. The normalized spacial score (nSPS) is 22.1. The predicted octanol–water partition coefficient (Wildman–Crippen LogP) is 6.85. The van der Waals surface area contributed by atoms with Gasteiger partial charge in [-0.15, -0.1) is 0 Å². The molecule has 1 aromatic carbocycles. The summed E-state index contributed by atoms with van der Waals surface area (Å²) in [5.41, 5.74) is 4.92. The summed E-state index contributed by atoms with van der Waals surface area (Å²) in [7, 11) is 0. The molecule has 20 heavy (non-hydrogen) atoms. The summed E-state index contributed by atoms with van der Waals surface area (Å²) in [4.78, 5) is 0. The second-order valence-corrected chi connectivity index (χ2v) is 7.79. The largest absolute Gasteiger partial charge is 0.0533 e. The number of hydrogen-bond acceptors (Lipinski definition) is 0. The summed E-state index contributed by atoms with van der Waals surface area (Å²) in [6.45, 7) is 2.39. The van der Waals surface area contributed by atoms with Crippen molar-refractivity contribution in [1.82, 2.24) is 0 Å². The highest BCUT2D eigenvalue weighted by Gasteiger charge is 2.23. The van der Waals surface area contributed by atoms with Crippen LogP contribution in [0, 0.1) is 6.92 Å². The van der Waals surface area contributed by atoms with Gasteiger partial charge in [0.25, 0.3) is 0 Å². The van der Waals surface area contributed by atoms with E-state index < -0.39 is 0 Å². The highest BCUT2D eigenvalue weighted by atomic mass is 79.9. The Labute approximate surface area is 132 Å². The van der Waals surface area contributed by atoms with E-state index in [2.05, 4.69) is 35.0 Å². The number of rotatable bonds is 2. The zero-order valence-corrected chi connectivity index (χ0v) is 14.3. The van der Waals surface area contributed by atoms with Gasteiger partial charge in [-0.1, -0.05) is 54.5 Å². The molecule has 2 fully saturated rings. The molecule has 0 saturated heterocycles. The second-order valence-electron chi connectivity index (χ2n) is 6.88. The molecule has 0 radical (unpaired) electrons. The van der Waals surface area contributed by atoms with Gasteiger partial charge in [0.1, 0.15) is 0 Å². The molecule has 3 rings (SSSR count). The van der Waals surface area contributed by atoms with E-state index in [1.807, 2.05) is 0 Å². The van der Waals surface area contributed by atoms with Crippen LogP contribution in [-0.4, -0.2) is 0 Å². The molecule has 0 spiro atoms. The molecule has 0 atom stereocenters. The van der Waals surface area contributed by atoms with Crippen LogP contribution in [0.3, 0.4) is 0 Å². The van der Waals surface area contributed by atoms with Gasteiger partial charge >= 0.3 is 0 Å². The van der Waals surface area contributed by atoms with E-state index in [0.29, 0.717) is 0 Å². The van der Waals surface area contributed by atoms with Crippen molar-refractivity contribution in [2.24, 2.45) is 0 Å².